The van der Waals surface area contributed by atoms with Gasteiger partial charge in [-0.25, -0.2) is 9.97 Å². The molecule has 0 aliphatic carbocycles. The number of thioether (sulfide) groups is 2. The zero-order chi connectivity index (χ0) is 20.4. The predicted octanol–water partition coefficient (Wildman–Crippen LogP) is 5.27. The minimum absolute atomic E-state index is 0.0312. The van der Waals surface area contributed by atoms with E-state index in [1.54, 1.807) is 23.5 Å². The first-order valence-electron chi connectivity index (χ1n) is 8.66. The molecule has 0 aliphatic heterocycles. The van der Waals surface area contributed by atoms with Crippen molar-refractivity contribution >= 4 is 62.5 Å². The second-order valence-electron chi connectivity index (χ2n) is 6.35. The van der Waals surface area contributed by atoms with Crippen LogP contribution >= 0.6 is 34.9 Å². The molecular formula is C20H21N3O2S3. The number of nitrogens with one attached hydrogen (secondary N) is 1. The Labute approximate surface area is 176 Å². The van der Waals surface area contributed by atoms with Crippen LogP contribution in [0.1, 0.15) is 33.5 Å². The van der Waals surface area contributed by atoms with E-state index in [2.05, 4.69) is 29.1 Å². The lowest BCUT2D eigenvalue weighted by Gasteiger charge is -2.10. The Kier molecular flexibility index (Phi) is 6.42. The molecule has 28 heavy (non-hydrogen) atoms. The molecule has 0 bridgehead atoms. The fraction of sp³-hybridized carbons (Fsp3) is 0.300. The lowest BCUT2D eigenvalue weighted by molar-refractivity contribution is -0.114. The molecule has 0 aliphatic rings. The van der Waals surface area contributed by atoms with E-state index < -0.39 is 0 Å². The number of benzene rings is 1. The summed E-state index contributed by atoms with van der Waals surface area (Å²) in [7, 11) is 0. The third-order valence-corrected chi connectivity index (χ3v) is 7.14. The number of aryl methyl sites for hydroxylation is 3. The number of carbonyl (C=O) groups is 2. The molecule has 8 heteroatoms. The number of thiophene rings is 1. The predicted molar refractivity (Wildman–Crippen MR) is 119 cm³/mol. The molecule has 2 aromatic heterocycles. The highest BCUT2D eigenvalue weighted by Crippen LogP contribution is 2.35. The van der Waals surface area contributed by atoms with Gasteiger partial charge in [0.2, 0.25) is 5.91 Å². The number of hydrogen-bond acceptors (Lipinski definition) is 7. The van der Waals surface area contributed by atoms with Crippen molar-refractivity contribution in [2.45, 2.75) is 37.6 Å². The smallest absolute Gasteiger partial charge is 0.221 e. The maximum Gasteiger partial charge on any atom is 0.221 e. The standard InChI is InChI=1S/C20H21N3O2S3/c1-10-11(2)28-20-18(10)19(21-12(3)22-20)27-9-16(25)14-6-7-15(23-13(4)24)17(8-14)26-5/h6-8H,9H2,1-5H3,(H,23,24). The fourth-order valence-corrected chi connectivity index (χ4v) is 5.54. The third kappa shape index (κ3) is 4.39. The number of ketones is 1. The highest BCUT2D eigenvalue weighted by atomic mass is 32.2. The quantitative estimate of drug-likeness (QED) is 0.326. The molecule has 3 aromatic rings. The van der Waals surface area contributed by atoms with E-state index in [0.717, 1.165) is 25.8 Å². The van der Waals surface area contributed by atoms with Crippen LogP contribution in [0.2, 0.25) is 0 Å². The Hall–Kier alpha value is -1.90. The van der Waals surface area contributed by atoms with Crippen molar-refractivity contribution in [3.63, 3.8) is 0 Å². The number of aromatic nitrogens is 2. The molecule has 0 saturated carbocycles. The zero-order valence-corrected chi connectivity index (χ0v) is 18.8. The molecule has 0 radical (unpaired) electrons. The third-order valence-electron chi connectivity index (χ3n) is 4.28. The summed E-state index contributed by atoms with van der Waals surface area (Å²) in [4.78, 5) is 36.3. The lowest BCUT2D eigenvalue weighted by Crippen LogP contribution is -2.08. The largest absolute Gasteiger partial charge is 0.325 e. The van der Waals surface area contributed by atoms with Crippen LogP contribution in [-0.4, -0.2) is 33.7 Å². The van der Waals surface area contributed by atoms with Gasteiger partial charge in [0.05, 0.1) is 11.4 Å². The Morgan fingerprint density at radius 1 is 1.18 bits per heavy atom. The maximum atomic E-state index is 12.8. The first-order chi connectivity index (χ1) is 13.3. The highest BCUT2D eigenvalue weighted by Gasteiger charge is 2.16. The Morgan fingerprint density at radius 2 is 1.93 bits per heavy atom. The monoisotopic (exact) mass is 431 g/mol. The van der Waals surface area contributed by atoms with E-state index in [4.69, 9.17) is 0 Å². The Bertz CT molecular complexity index is 1080. The number of anilines is 1. The number of Topliss-reactive ketones (excluding diaryl/α,β-unsaturated/α-hetero) is 1. The van der Waals surface area contributed by atoms with Crippen molar-refractivity contribution in [1.82, 2.24) is 9.97 Å². The van der Waals surface area contributed by atoms with Crippen LogP contribution < -0.4 is 5.32 Å². The van der Waals surface area contributed by atoms with Crippen molar-refractivity contribution in [3.8, 4) is 0 Å². The molecule has 146 valence electrons. The van der Waals surface area contributed by atoms with Gasteiger partial charge in [-0.05, 0) is 50.8 Å². The van der Waals surface area contributed by atoms with Gasteiger partial charge in [0.25, 0.3) is 0 Å². The average Bonchev–Trinajstić information content (AvgIpc) is 2.93. The zero-order valence-electron chi connectivity index (χ0n) is 16.4. The van der Waals surface area contributed by atoms with Gasteiger partial charge >= 0.3 is 0 Å². The summed E-state index contributed by atoms with van der Waals surface area (Å²) in [6.45, 7) is 7.50. The van der Waals surface area contributed by atoms with Crippen LogP contribution in [0.15, 0.2) is 28.1 Å². The van der Waals surface area contributed by atoms with Gasteiger partial charge in [-0.2, -0.15) is 0 Å². The van der Waals surface area contributed by atoms with Crippen LogP contribution in [0.4, 0.5) is 5.69 Å². The van der Waals surface area contributed by atoms with Crippen molar-refractivity contribution < 1.29 is 9.59 Å². The SMILES string of the molecule is CSc1cc(C(=O)CSc2nc(C)nc3sc(C)c(C)c23)ccc1NC(C)=O. The van der Waals surface area contributed by atoms with E-state index in [9.17, 15) is 9.59 Å². The van der Waals surface area contributed by atoms with E-state index in [1.807, 2.05) is 19.2 Å². The Morgan fingerprint density at radius 3 is 2.61 bits per heavy atom. The van der Waals surface area contributed by atoms with Crippen LogP contribution in [-0.2, 0) is 4.79 Å². The number of nitrogens with zero attached hydrogens (tertiary/aromatic N) is 2. The summed E-state index contributed by atoms with van der Waals surface area (Å²) in [5.41, 5.74) is 2.53. The molecule has 1 aromatic carbocycles. The number of carbonyl (C=O) groups excluding carboxylic acids is 2. The summed E-state index contributed by atoms with van der Waals surface area (Å²) >= 11 is 4.61. The minimum Gasteiger partial charge on any atom is -0.325 e. The Balaban J connectivity index is 1.83. The maximum absolute atomic E-state index is 12.8. The van der Waals surface area contributed by atoms with Gasteiger partial charge < -0.3 is 5.32 Å². The summed E-state index contributed by atoms with van der Waals surface area (Å²) < 4.78 is 0. The highest BCUT2D eigenvalue weighted by molar-refractivity contribution is 8.00. The first-order valence-corrected chi connectivity index (χ1v) is 11.7. The molecule has 0 spiro atoms. The summed E-state index contributed by atoms with van der Waals surface area (Å²) in [5.74, 6) is 0.916. The second kappa shape index (κ2) is 8.63. The number of hydrogen-bond donors (Lipinski definition) is 1. The number of fused-ring (bicyclic) bond motifs is 1. The number of rotatable bonds is 6. The molecule has 2 heterocycles. The summed E-state index contributed by atoms with van der Waals surface area (Å²) in [6, 6.07) is 5.37. The molecule has 0 fully saturated rings. The second-order valence-corrected chi connectivity index (χ2v) is 9.36. The van der Waals surface area contributed by atoms with Crippen molar-refractivity contribution in [2.75, 3.05) is 17.3 Å². The van der Waals surface area contributed by atoms with E-state index >= 15 is 0 Å². The van der Waals surface area contributed by atoms with Gasteiger partial charge in [-0.3, -0.25) is 9.59 Å². The van der Waals surface area contributed by atoms with Gasteiger partial charge in [-0.15, -0.1) is 23.1 Å². The van der Waals surface area contributed by atoms with Crippen molar-refractivity contribution in [2.24, 2.45) is 0 Å². The van der Waals surface area contributed by atoms with E-state index in [1.165, 1.54) is 40.9 Å². The average molecular weight is 432 g/mol. The van der Waals surface area contributed by atoms with E-state index in [0.29, 0.717) is 17.1 Å². The fourth-order valence-electron chi connectivity index (χ4n) is 2.79. The molecule has 1 amide bonds. The molecule has 3 rings (SSSR count). The van der Waals surface area contributed by atoms with Crippen molar-refractivity contribution in [3.05, 3.63) is 40.0 Å². The lowest BCUT2D eigenvalue weighted by atomic mass is 10.1. The normalized spacial score (nSPS) is 11.0. The van der Waals surface area contributed by atoms with Gasteiger partial charge in [0, 0.05) is 27.6 Å². The topological polar surface area (TPSA) is 72.0 Å². The molecule has 0 saturated heterocycles. The summed E-state index contributed by atoms with van der Waals surface area (Å²) in [5, 5.41) is 4.70. The minimum atomic E-state index is -0.130. The van der Waals surface area contributed by atoms with Gasteiger partial charge in [0.15, 0.2) is 5.78 Å². The molecule has 0 atom stereocenters. The van der Waals surface area contributed by atoms with Crippen LogP contribution in [0.3, 0.4) is 0 Å². The van der Waals surface area contributed by atoms with Gasteiger partial charge in [-0.1, -0.05) is 11.8 Å². The molecule has 1 N–H and O–H groups in total. The summed E-state index contributed by atoms with van der Waals surface area (Å²) in [6.07, 6.45) is 1.92. The first kappa shape index (κ1) is 20.8. The van der Waals surface area contributed by atoms with Crippen LogP contribution in [0.5, 0.6) is 0 Å². The molecular weight excluding hydrogens is 410 g/mol. The number of amides is 1. The van der Waals surface area contributed by atoms with Crippen LogP contribution in [0, 0.1) is 20.8 Å². The molecule has 0 unspecified atom stereocenters. The van der Waals surface area contributed by atoms with Gasteiger partial charge in [0.1, 0.15) is 15.7 Å². The van der Waals surface area contributed by atoms with Crippen LogP contribution in [0.25, 0.3) is 10.2 Å². The van der Waals surface area contributed by atoms with Crippen molar-refractivity contribution in [1.29, 1.82) is 0 Å². The van der Waals surface area contributed by atoms with E-state index in [-0.39, 0.29) is 11.7 Å². The molecule has 5 nitrogen and oxygen atoms in total.